The maximum Gasteiger partial charge on any atom is 0.305 e. The minimum Gasteiger partial charge on any atom is -0.481 e. The maximum absolute atomic E-state index is 11.4. The van der Waals surface area contributed by atoms with Crippen LogP contribution in [0.25, 0.3) is 0 Å². The molecule has 2 saturated carbocycles. The van der Waals surface area contributed by atoms with Gasteiger partial charge in [0.2, 0.25) is 0 Å². The molecule has 0 radical (unpaired) electrons. The first-order valence-corrected chi connectivity index (χ1v) is 7.70. The van der Waals surface area contributed by atoms with Crippen LogP contribution in [0.3, 0.4) is 0 Å². The summed E-state index contributed by atoms with van der Waals surface area (Å²) >= 11 is 0. The van der Waals surface area contributed by atoms with Crippen molar-refractivity contribution in [3.05, 3.63) is 0 Å². The molecule has 0 bridgehead atoms. The number of nitrogens with zero attached hydrogens (tertiary/aromatic N) is 1. The molecule has 3 nitrogen and oxygen atoms in total. The Morgan fingerprint density at radius 1 is 1.00 bits per heavy atom. The minimum absolute atomic E-state index is 0.0379. The Balaban J connectivity index is 1.83. The van der Waals surface area contributed by atoms with Gasteiger partial charge in [-0.15, -0.1) is 0 Å². The molecule has 0 atom stereocenters. The van der Waals surface area contributed by atoms with Crippen LogP contribution in [0.15, 0.2) is 0 Å². The number of carboxylic acids is 1. The summed E-state index contributed by atoms with van der Waals surface area (Å²) in [6.45, 7) is 2.28. The summed E-state index contributed by atoms with van der Waals surface area (Å²) in [6, 6.07) is 0. The van der Waals surface area contributed by atoms with Crippen molar-refractivity contribution < 1.29 is 9.90 Å². The third-order valence-corrected chi connectivity index (χ3v) is 5.20. The highest BCUT2D eigenvalue weighted by molar-refractivity contribution is 5.69. The van der Waals surface area contributed by atoms with Gasteiger partial charge in [-0.1, -0.05) is 12.8 Å². The number of likely N-dealkylation sites (tertiary alicyclic amines) is 1. The van der Waals surface area contributed by atoms with Crippen molar-refractivity contribution in [1.82, 2.24) is 4.90 Å². The van der Waals surface area contributed by atoms with Gasteiger partial charge in [-0.05, 0) is 63.5 Å². The summed E-state index contributed by atoms with van der Waals surface area (Å²) in [5.41, 5.74) is 0.0379. The van der Waals surface area contributed by atoms with E-state index >= 15 is 0 Å². The monoisotopic (exact) mass is 251 g/mol. The molecule has 0 aromatic heterocycles. The number of hydrogen-bond donors (Lipinski definition) is 1. The summed E-state index contributed by atoms with van der Waals surface area (Å²) < 4.78 is 0. The Bertz CT molecular complexity index is 300. The average molecular weight is 251 g/mol. The lowest BCUT2D eigenvalue weighted by molar-refractivity contribution is -0.142. The molecule has 3 aliphatic rings. The summed E-state index contributed by atoms with van der Waals surface area (Å²) in [6.07, 6.45) is 10.6. The topological polar surface area (TPSA) is 40.5 Å². The lowest BCUT2D eigenvalue weighted by Gasteiger charge is -2.44. The molecule has 0 amide bonds. The quantitative estimate of drug-likeness (QED) is 0.816. The molecule has 1 heterocycles. The van der Waals surface area contributed by atoms with Gasteiger partial charge < -0.3 is 5.11 Å². The molecule has 1 aliphatic heterocycles. The zero-order valence-electron chi connectivity index (χ0n) is 11.2. The fourth-order valence-corrected chi connectivity index (χ4v) is 4.15. The SMILES string of the molecule is O=C(O)CC(C1CC1)(C1CC1)N1CCCCCC1. The van der Waals surface area contributed by atoms with Gasteiger partial charge in [0.15, 0.2) is 0 Å². The molecule has 0 spiro atoms. The van der Waals surface area contributed by atoms with E-state index in [1.807, 2.05) is 0 Å². The van der Waals surface area contributed by atoms with Gasteiger partial charge in [-0.25, -0.2) is 0 Å². The zero-order chi connectivity index (χ0) is 12.6. The number of rotatable bonds is 5. The molecule has 3 rings (SSSR count). The Hall–Kier alpha value is -0.570. The Morgan fingerprint density at radius 2 is 1.50 bits per heavy atom. The van der Waals surface area contributed by atoms with E-state index in [1.165, 1.54) is 51.4 Å². The van der Waals surface area contributed by atoms with E-state index in [9.17, 15) is 9.90 Å². The molecule has 0 aromatic rings. The van der Waals surface area contributed by atoms with Crippen molar-refractivity contribution in [2.24, 2.45) is 11.8 Å². The molecule has 2 aliphatic carbocycles. The second kappa shape index (κ2) is 4.84. The summed E-state index contributed by atoms with van der Waals surface area (Å²) in [7, 11) is 0. The zero-order valence-corrected chi connectivity index (χ0v) is 11.2. The molecule has 102 valence electrons. The smallest absolute Gasteiger partial charge is 0.305 e. The molecule has 3 heteroatoms. The average Bonchev–Trinajstić information content (AvgIpc) is 3.24. The first-order chi connectivity index (χ1) is 8.73. The van der Waals surface area contributed by atoms with Gasteiger partial charge in [0.25, 0.3) is 0 Å². The summed E-state index contributed by atoms with van der Waals surface area (Å²) in [4.78, 5) is 14.0. The Kier molecular flexibility index (Phi) is 3.35. The summed E-state index contributed by atoms with van der Waals surface area (Å²) in [5.74, 6) is 0.774. The van der Waals surface area contributed by atoms with E-state index in [2.05, 4.69) is 4.90 Å². The van der Waals surface area contributed by atoms with Crippen molar-refractivity contribution in [1.29, 1.82) is 0 Å². The van der Waals surface area contributed by atoms with Crippen LogP contribution in [0.1, 0.15) is 57.8 Å². The molecule has 1 N–H and O–H groups in total. The molecule has 1 saturated heterocycles. The van der Waals surface area contributed by atoms with Crippen LogP contribution in [0.2, 0.25) is 0 Å². The molecule has 18 heavy (non-hydrogen) atoms. The minimum atomic E-state index is -0.585. The lowest BCUT2D eigenvalue weighted by Crippen LogP contribution is -2.54. The molecule has 3 fully saturated rings. The predicted octanol–water partition coefficient (Wildman–Crippen LogP) is 2.90. The van der Waals surface area contributed by atoms with Crippen molar-refractivity contribution in [3.8, 4) is 0 Å². The van der Waals surface area contributed by atoms with Gasteiger partial charge in [0.05, 0.1) is 6.42 Å². The number of carbonyl (C=O) groups is 1. The van der Waals surface area contributed by atoms with E-state index < -0.39 is 5.97 Å². The van der Waals surface area contributed by atoms with Crippen LogP contribution in [0.5, 0.6) is 0 Å². The fourth-order valence-electron chi connectivity index (χ4n) is 4.15. The van der Waals surface area contributed by atoms with Crippen LogP contribution in [0, 0.1) is 11.8 Å². The van der Waals surface area contributed by atoms with Crippen molar-refractivity contribution >= 4 is 5.97 Å². The van der Waals surface area contributed by atoms with Gasteiger partial charge in [0.1, 0.15) is 0 Å². The van der Waals surface area contributed by atoms with Gasteiger partial charge in [-0.3, -0.25) is 9.69 Å². The normalized spacial score (nSPS) is 26.9. The highest BCUT2D eigenvalue weighted by atomic mass is 16.4. The third-order valence-electron chi connectivity index (χ3n) is 5.20. The van der Waals surface area contributed by atoms with Gasteiger partial charge >= 0.3 is 5.97 Å². The predicted molar refractivity (Wildman–Crippen MR) is 70.5 cm³/mol. The molecular weight excluding hydrogens is 226 g/mol. The number of aliphatic carboxylic acids is 1. The third kappa shape index (κ3) is 2.29. The summed E-state index contributed by atoms with van der Waals surface area (Å²) in [5, 5.41) is 9.38. The first-order valence-electron chi connectivity index (χ1n) is 7.70. The maximum atomic E-state index is 11.4. The van der Waals surface area contributed by atoms with E-state index in [0.29, 0.717) is 18.3 Å². The highest BCUT2D eigenvalue weighted by Gasteiger charge is 2.57. The van der Waals surface area contributed by atoms with Gasteiger partial charge in [-0.2, -0.15) is 0 Å². The van der Waals surface area contributed by atoms with Crippen LogP contribution in [0.4, 0.5) is 0 Å². The fraction of sp³-hybridized carbons (Fsp3) is 0.933. The van der Waals surface area contributed by atoms with E-state index in [-0.39, 0.29) is 5.54 Å². The molecular formula is C15H25NO2. The van der Waals surface area contributed by atoms with Gasteiger partial charge in [0, 0.05) is 5.54 Å². The van der Waals surface area contributed by atoms with Crippen molar-refractivity contribution in [3.63, 3.8) is 0 Å². The van der Waals surface area contributed by atoms with Crippen LogP contribution < -0.4 is 0 Å². The largest absolute Gasteiger partial charge is 0.481 e. The van der Waals surface area contributed by atoms with Crippen LogP contribution >= 0.6 is 0 Å². The van der Waals surface area contributed by atoms with Crippen LogP contribution in [-0.2, 0) is 4.79 Å². The number of carboxylic acid groups (broad SMARTS) is 1. The van der Waals surface area contributed by atoms with E-state index in [1.54, 1.807) is 0 Å². The van der Waals surface area contributed by atoms with Crippen molar-refractivity contribution in [2.45, 2.75) is 63.3 Å². The second-order valence-electron chi connectivity index (χ2n) is 6.51. The van der Waals surface area contributed by atoms with Crippen LogP contribution in [-0.4, -0.2) is 34.6 Å². The molecule has 0 unspecified atom stereocenters. The first kappa shape index (κ1) is 12.5. The Labute approximate surface area is 110 Å². The second-order valence-corrected chi connectivity index (χ2v) is 6.51. The van der Waals surface area contributed by atoms with E-state index in [0.717, 1.165) is 13.1 Å². The Morgan fingerprint density at radius 3 is 1.89 bits per heavy atom. The van der Waals surface area contributed by atoms with E-state index in [4.69, 9.17) is 0 Å². The highest BCUT2D eigenvalue weighted by Crippen LogP contribution is 2.57. The standard InChI is InChI=1S/C15H25NO2/c17-14(18)11-15(12-5-6-12,13-7-8-13)16-9-3-1-2-4-10-16/h12-13H,1-11H2,(H,17,18). The lowest BCUT2D eigenvalue weighted by atomic mass is 9.81. The van der Waals surface area contributed by atoms with Crippen molar-refractivity contribution in [2.75, 3.05) is 13.1 Å². The number of hydrogen-bond acceptors (Lipinski definition) is 2. The molecule has 0 aromatic carbocycles.